The SMILES string of the molecule is O=C(CSc1nnc(NC2CC2)s1)NCc1ccc2c(c1)OCO2. The molecular formula is C15H16N4O3S2. The van der Waals surface area contributed by atoms with Gasteiger partial charge in [-0.15, -0.1) is 10.2 Å². The summed E-state index contributed by atoms with van der Waals surface area (Å²) >= 11 is 2.89. The molecule has 2 heterocycles. The third-order valence-corrected chi connectivity index (χ3v) is 5.55. The van der Waals surface area contributed by atoms with Gasteiger partial charge in [-0.1, -0.05) is 29.2 Å². The molecular weight excluding hydrogens is 348 g/mol. The van der Waals surface area contributed by atoms with Crippen molar-refractivity contribution in [2.24, 2.45) is 0 Å². The Morgan fingerprint density at radius 1 is 1.29 bits per heavy atom. The topological polar surface area (TPSA) is 85.4 Å². The van der Waals surface area contributed by atoms with Gasteiger partial charge >= 0.3 is 0 Å². The Kier molecular flexibility index (Phi) is 4.44. The maximum atomic E-state index is 12.0. The highest BCUT2D eigenvalue weighted by Gasteiger charge is 2.22. The molecule has 0 bridgehead atoms. The molecule has 1 aromatic heterocycles. The first kappa shape index (κ1) is 15.5. The van der Waals surface area contributed by atoms with Crippen molar-refractivity contribution in [1.82, 2.24) is 15.5 Å². The van der Waals surface area contributed by atoms with Gasteiger partial charge in [0, 0.05) is 12.6 Å². The number of thioether (sulfide) groups is 1. The molecule has 1 saturated carbocycles. The number of ether oxygens (including phenoxy) is 2. The molecule has 0 unspecified atom stereocenters. The van der Waals surface area contributed by atoms with Crippen LogP contribution in [-0.4, -0.2) is 34.7 Å². The molecule has 4 rings (SSSR count). The Labute approximate surface area is 147 Å². The Balaban J connectivity index is 1.22. The highest BCUT2D eigenvalue weighted by molar-refractivity contribution is 8.01. The fourth-order valence-electron chi connectivity index (χ4n) is 2.16. The van der Waals surface area contributed by atoms with E-state index >= 15 is 0 Å². The first-order valence-electron chi connectivity index (χ1n) is 7.64. The zero-order valence-corrected chi connectivity index (χ0v) is 14.4. The Bertz CT molecular complexity index is 748. The highest BCUT2D eigenvalue weighted by Crippen LogP contribution is 2.32. The fourth-order valence-corrected chi connectivity index (χ4v) is 3.82. The molecule has 126 valence electrons. The highest BCUT2D eigenvalue weighted by atomic mass is 32.2. The van der Waals surface area contributed by atoms with Gasteiger partial charge in [0.2, 0.25) is 17.8 Å². The molecule has 1 fully saturated rings. The van der Waals surface area contributed by atoms with Crippen molar-refractivity contribution < 1.29 is 14.3 Å². The van der Waals surface area contributed by atoms with Crippen LogP contribution in [0.5, 0.6) is 11.5 Å². The van der Waals surface area contributed by atoms with E-state index in [1.54, 1.807) is 0 Å². The van der Waals surface area contributed by atoms with Gasteiger partial charge in [0.15, 0.2) is 15.8 Å². The van der Waals surface area contributed by atoms with Crippen LogP contribution < -0.4 is 20.1 Å². The number of aromatic nitrogens is 2. The predicted octanol–water partition coefficient (Wildman–Crippen LogP) is 2.25. The first-order chi connectivity index (χ1) is 11.8. The van der Waals surface area contributed by atoms with Gasteiger partial charge < -0.3 is 20.1 Å². The van der Waals surface area contributed by atoms with Gasteiger partial charge in [0.25, 0.3) is 0 Å². The van der Waals surface area contributed by atoms with Crippen molar-refractivity contribution >= 4 is 34.1 Å². The monoisotopic (exact) mass is 364 g/mol. The minimum Gasteiger partial charge on any atom is -0.454 e. The van der Waals surface area contributed by atoms with Gasteiger partial charge in [0.05, 0.1) is 5.75 Å². The summed E-state index contributed by atoms with van der Waals surface area (Å²) in [5.74, 6) is 1.75. The second-order valence-corrected chi connectivity index (χ2v) is 7.74. The summed E-state index contributed by atoms with van der Waals surface area (Å²) in [7, 11) is 0. The second-order valence-electron chi connectivity index (χ2n) is 5.54. The van der Waals surface area contributed by atoms with E-state index in [-0.39, 0.29) is 12.7 Å². The molecule has 1 aliphatic heterocycles. The molecule has 2 aliphatic rings. The van der Waals surface area contributed by atoms with Crippen molar-refractivity contribution in [3.05, 3.63) is 23.8 Å². The lowest BCUT2D eigenvalue weighted by Crippen LogP contribution is -2.24. The number of nitrogens with zero attached hydrogens (tertiary/aromatic N) is 2. The van der Waals surface area contributed by atoms with E-state index in [9.17, 15) is 4.79 Å². The van der Waals surface area contributed by atoms with E-state index in [1.165, 1.54) is 35.9 Å². The second kappa shape index (κ2) is 6.86. The molecule has 1 aromatic carbocycles. The molecule has 0 atom stereocenters. The fraction of sp³-hybridized carbons (Fsp3) is 0.400. The van der Waals surface area contributed by atoms with Crippen LogP contribution in [0.15, 0.2) is 22.5 Å². The lowest BCUT2D eigenvalue weighted by atomic mass is 10.2. The van der Waals surface area contributed by atoms with E-state index < -0.39 is 0 Å². The molecule has 9 heteroatoms. The summed E-state index contributed by atoms with van der Waals surface area (Å²) in [6.45, 7) is 0.710. The molecule has 2 aromatic rings. The molecule has 0 radical (unpaired) electrons. The number of nitrogens with one attached hydrogen (secondary N) is 2. The van der Waals surface area contributed by atoms with Gasteiger partial charge in [-0.3, -0.25) is 4.79 Å². The van der Waals surface area contributed by atoms with Gasteiger partial charge in [-0.2, -0.15) is 0 Å². The molecule has 7 nitrogen and oxygen atoms in total. The molecule has 0 spiro atoms. The van der Waals surface area contributed by atoms with E-state index in [0.29, 0.717) is 18.3 Å². The van der Waals surface area contributed by atoms with Crippen molar-refractivity contribution in [3.8, 4) is 11.5 Å². The third kappa shape index (κ3) is 3.90. The summed E-state index contributed by atoms with van der Waals surface area (Å²) in [4.78, 5) is 12.0. The number of carbonyl (C=O) groups excluding carboxylic acids is 1. The molecule has 0 saturated heterocycles. The first-order valence-corrected chi connectivity index (χ1v) is 9.44. The number of anilines is 1. The number of benzene rings is 1. The zero-order chi connectivity index (χ0) is 16.4. The summed E-state index contributed by atoms with van der Waals surface area (Å²) < 4.78 is 11.4. The number of hydrogen-bond donors (Lipinski definition) is 2. The van der Waals surface area contributed by atoms with E-state index in [4.69, 9.17) is 9.47 Å². The van der Waals surface area contributed by atoms with Crippen molar-refractivity contribution in [1.29, 1.82) is 0 Å². The number of rotatable bonds is 7. The minimum absolute atomic E-state index is 0.0374. The van der Waals surface area contributed by atoms with Crippen LogP contribution in [0, 0.1) is 0 Å². The summed E-state index contributed by atoms with van der Waals surface area (Å²) in [5.41, 5.74) is 0.976. The Morgan fingerprint density at radius 2 is 2.17 bits per heavy atom. The largest absolute Gasteiger partial charge is 0.454 e. The number of hydrogen-bond acceptors (Lipinski definition) is 8. The number of fused-ring (bicyclic) bond motifs is 1. The lowest BCUT2D eigenvalue weighted by molar-refractivity contribution is -0.118. The van der Waals surface area contributed by atoms with Crippen LogP contribution in [0.4, 0.5) is 5.13 Å². The van der Waals surface area contributed by atoms with E-state index in [1.807, 2.05) is 18.2 Å². The van der Waals surface area contributed by atoms with Gasteiger partial charge in [-0.05, 0) is 30.5 Å². The normalized spacial score (nSPS) is 15.3. The summed E-state index contributed by atoms with van der Waals surface area (Å²) in [6.07, 6.45) is 2.40. The van der Waals surface area contributed by atoms with Gasteiger partial charge in [-0.25, -0.2) is 0 Å². The third-order valence-electron chi connectivity index (χ3n) is 3.56. The van der Waals surface area contributed by atoms with Gasteiger partial charge in [0.1, 0.15) is 0 Å². The summed E-state index contributed by atoms with van der Waals surface area (Å²) in [5, 5.41) is 15.2. The molecule has 1 aliphatic carbocycles. The molecule has 2 N–H and O–H groups in total. The van der Waals surface area contributed by atoms with Crippen LogP contribution in [0.2, 0.25) is 0 Å². The van der Waals surface area contributed by atoms with Crippen molar-refractivity contribution in [3.63, 3.8) is 0 Å². The predicted molar refractivity (Wildman–Crippen MR) is 91.7 cm³/mol. The molecule has 1 amide bonds. The van der Waals surface area contributed by atoms with Crippen LogP contribution >= 0.6 is 23.1 Å². The maximum absolute atomic E-state index is 12.0. The number of amides is 1. The van der Waals surface area contributed by atoms with Crippen molar-refractivity contribution in [2.45, 2.75) is 29.8 Å². The van der Waals surface area contributed by atoms with Crippen LogP contribution in [-0.2, 0) is 11.3 Å². The van der Waals surface area contributed by atoms with E-state index in [2.05, 4.69) is 20.8 Å². The zero-order valence-electron chi connectivity index (χ0n) is 12.8. The van der Waals surface area contributed by atoms with E-state index in [0.717, 1.165) is 26.5 Å². The summed E-state index contributed by atoms with van der Waals surface area (Å²) in [6, 6.07) is 6.22. The smallest absolute Gasteiger partial charge is 0.231 e. The molecule has 24 heavy (non-hydrogen) atoms. The Morgan fingerprint density at radius 3 is 3.04 bits per heavy atom. The maximum Gasteiger partial charge on any atom is 0.231 e. The average Bonchev–Trinajstić information content (AvgIpc) is 3.10. The van der Waals surface area contributed by atoms with Crippen LogP contribution in [0.3, 0.4) is 0 Å². The minimum atomic E-state index is -0.0374. The van der Waals surface area contributed by atoms with Crippen LogP contribution in [0.1, 0.15) is 18.4 Å². The average molecular weight is 364 g/mol. The quantitative estimate of drug-likeness (QED) is 0.729. The lowest BCUT2D eigenvalue weighted by Gasteiger charge is -2.05. The standard InChI is InChI=1S/C15H16N4O3S2/c20-13(7-23-15-19-18-14(24-15)17-10-2-3-10)16-6-9-1-4-11-12(5-9)22-8-21-11/h1,4-5,10H,2-3,6-8H2,(H,16,20)(H,17,18). The number of carbonyl (C=O) groups is 1. The van der Waals surface area contributed by atoms with Crippen LogP contribution in [0.25, 0.3) is 0 Å². The Hall–Kier alpha value is -2.00. The van der Waals surface area contributed by atoms with Crippen molar-refractivity contribution in [2.75, 3.05) is 17.9 Å².